The van der Waals surface area contributed by atoms with Gasteiger partial charge in [0, 0.05) is 37.3 Å². The van der Waals surface area contributed by atoms with E-state index in [1.165, 1.54) is 12.5 Å². The lowest BCUT2D eigenvalue weighted by Crippen LogP contribution is -2.36. The van der Waals surface area contributed by atoms with Crippen molar-refractivity contribution in [2.24, 2.45) is 0 Å². The van der Waals surface area contributed by atoms with Crippen molar-refractivity contribution >= 4 is 23.5 Å². The van der Waals surface area contributed by atoms with Gasteiger partial charge in [-0.05, 0) is 55.7 Å². The summed E-state index contributed by atoms with van der Waals surface area (Å²) in [7, 11) is 0. The highest BCUT2D eigenvalue weighted by Crippen LogP contribution is 2.31. The molecule has 4 rings (SSSR count). The normalized spacial score (nSPS) is 11.0. The largest absolute Gasteiger partial charge is 0.331 e. The number of halogens is 2. The number of nitrogens with zero attached hydrogens (tertiary/aromatic N) is 4. The second-order valence-electron chi connectivity index (χ2n) is 10.1. The van der Waals surface area contributed by atoms with Crippen molar-refractivity contribution in [3.8, 4) is 22.8 Å². The summed E-state index contributed by atoms with van der Waals surface area (Å²) in [6, 6.07) is 14.4. The number of thioether (sulfide) groups is 1. The smallest absolute Gasteiger partial charge is 0.321 e. The second kappa shape index (κ2) is 16.6. The topological polar surface area (TPSA) is 86.8 Å². The van der Waals surface area contributed by atoms with Crippen molar-refractivity contribution in [3.63, 3.8) is 0 Å². The molecule has 2 amide bonds. The van der Waals surface area contributed by atoms with E-state index in [0.717, 1.165) is 90.8 Å². The molecule has 3 aromatic heterocycles. The summed E-state index contributed by atoms with van der Waals surface area (Å²) in [6.45, 7) is 3.34. The van der Waals surface area contributed by atoms with Gasteiger partial charge in [0.1, 0.15) is 17.3 Å². The number of H-pyrrole nitrogens is 1. The Labute approximate surface area is 250 Å². The monoisotopic (exact) mass is 592 g/mol. The van der Waals surface area contributed by atoms with Crippen LogP contribution in [-0.2, 0) is 0 Å². The van der Waals surface area contributed by atoms with E-state index in [-0.39, 0.29) is 11.7 Å². The zero-order chi connectivity index (χ0) is 29.6. The Morgan fingerprint density at radius 2 is 1.57 bits per heavy atom. The molecule has 10 heteroatoms. The maximum atomic E-state index is 14.1. The number of rotatable bonds is 16. The number of urea groups is 1. The van der Waals surface area contributed by atoms with Crippen LogP contribution >= 0.6 is 11.8 Å². The van der Waals surface area contributed by atoms with Crippen LogP contribution in [0.25, 0.3) is 22.8 Å². The lowest BCUT2D eigenvalue weighted by atomic mass is 10.1. The summed E-state index contributed by atoms with van der Waals surface area (Å²) < 4.78 is 27.4. The first-order valence-electron chi connectivity index (χ1n) is 14.6. The van der Waals surface area contributed by atoms with Crippen LogP contribution in [-0.4, -0.2) is 49.7 Å². The van der Waals surface area contributed by atoms with Gasteiger partial charge >= 0.3 is 6.03 Å². The molecule has 0 bridgehead atoms. The predicted octanol–water partition coefficient (Wildman–Crippen LogP) is 8.58. The molecule has 3 heterocycles. The fourth-order valence-corrected chi connectivity index (χ4v) is 5.43. The minimum absolute atomic E-state index is 0.0117. The summed E-state index contributed by atoms with van der Waals surface area (Å²) in [6.07, 6.45) is 11.6. The Bertz CT molecular complexity index is 1330. The average molecular weight is 593 g/mol. The number of nitrogens with one attached hydrogen (secondary N) is 2. The Balaban J connectivity index is 1.29. The number of aromatic nitrogens is 4. The number of hydrogen-bond donors (Lipinski definition) is 2. The molecule has 0 saturated heterocycles. The van der Waals surface area contributed by atoms with E-state index in [1.54, 1.807) is 29.1 Å². The molecule has 0 saturated carbocycles. The molecule has 0 unspecified atom stereocenters. The number of benzene rings is 1. The molecule has 4 aromatic rings. The predicted molar refractivity (Wildman–Crippen MR) is 165 cm³/mol. The number of amides is 2. The first-order valence-corrected chi connectivity index (χ1v) is 15.6. The van der Waals surface area contributed by atoms with Crippen LogP contribution in [0.2, 0.25) is 0 Å². The molecule has 2 N–H and O–H groups in total. The minimum atomic E-state index is -0.779. The van der Waals surface area contributed by atoms with Gasteiger partial charge in [-0.2, -0.15) is 0 Å². The summed E-state index contributed by atoms with van der Waals surface area (Å²) >= 11 is 1.65. The second-order valence-corrected chi connectivity index (χ2v) is 11.1. The van der Waals surface area contributed by atoms with Gasteiger partial charge in [0.15, 0.2) is 5.16 Å². The number of carbonyl (C=O) groups excluding carboxylic acids is 1. The molecular formula is C32H38F2N6OS. The van der Waals surface area contributed by atoms with E-state index in [4.69, 9.17) is 4.98 Å². The molecule has 0 aliphatic rings. The number of imidazole rings is 1. The molecule has 1 aromatic carbocycles. The molecule has 0 fully saturated rings. The van der Waals surface area contributed by atoms with Crippen molar-refractivity contribution < 1.29 is 13.6 Å². The Morgan fingerprint density at radius 1 is 0.881 bits per heavy atom. The first-order chi connectivity index (χ1) is 20.5. The number of pyridine rings is 2. The molecule has 0 spiro atoms. The van der Waals surface area contributed by atoms with Gasteiger partial charge in [-0.1, -0.05) is 62.9 Å². The molecule has 222 valence electrons. The SMILES string of the molecule is CCCCCCCN(CCCCCSc1nc(-c2ccccn2)c(-c2ccccn2)[nH]1)C(=O)Nc1ccc(F)cc1F. The Kier molecular flexibility index (Phi) is 12.3. The van der Waals surface area contributed by atoms with Gasteiger partial charge < -0.3 is 15.2 Å². The van der Waals surface area contributed by atoms with Crippen LogP contribution < -0.4 is 5.32 Å². The van der Waals surface area contributed by atoms with E-state index in [1.807, 2.05) is 36.4 Å². The molecule has 7 nitrogen and oxygen atoms in total. The summed E-state index contributed by atoms with van der Waals surface area (Å²) in [5, 5.41) is 3.43. The first kappa shape index (κ1) is 31.2. The fourth-order valence-electron chi connectivity index (χ4n) is 4.56. The summed E-state index contributed by atoms with van der Waals surface area (Å²) in [4.78, 5) is 31.9. The highest BCUT2D eigenvalue weighted by Gasteiger charge is 2.17. The van der Waals surface area contributed by atoms with Gasteiger partial charge in [0.2, 0.25) is 0 Å². The van der Waals surface area contributed by atoms with Crippen molar-refractivity contribution in [3.05, 3.63) is 78.6 Å². The minimum Gasteiger partial charge on any atom is -0.331 e. The average Bonchev–Trinajstić information content (AvgIpc) is 3.44. The Morgan fingerprint density at radius 3 is 2.24 bits per heavy atom. The third kappa shape index (κ3) is 9.37. The molecule has 42 heavy (non-hydrogen) atoms. The van der Waals surface area contributed by atoms with E-state index in [0.29, 0.717) is 13.1 Å². The maximum Gasteiger partial charge on any atom is 0.321 e. The lowest BCUT2D eigenvalue weighted by molar-refractivity contribution is 0.209. The van der Waals surface area contributed by atoms with E-state index < -0.39 is 11.6 Å². The summed E-state index contributed by atoms with van der Waals surface area (Å²) in [5.41, 5.74) is 3.20. The van der Waals surface area contributed by atoms with Crippen LogP contribution in [0, 0.1) is 11.6 Å². The van der Waals surface area contributed by atoms with Crippen LogP contribution in [0.5, 0.6) is 0 Å². The molecular weight excluding hydrogens is 554 g/mol. The van der Waals surface area contributed by atoms with Crippen LogP contribution in [0.3, 0.4) is 0 Å². The van der Waals surface area contributed by atoms with Crippen molar-refractivity contribution in [2.45, 2.75) is 63.4 Å². The number of unbranched alkanes of at least 4 members (excludes halogenated alkanes) is 6. The fraction of sp³-hybridized carbons (Fsp3) is 0.375. The van der Waals surface area contributed by atoms with Crippen LogP contribution in [0.4, 0.5) is 19.3 Å². The summed E-state index contributed by atoms with van der Waals surface area (Å²) in [5.74, 6) is -0.592. The van der Waals surface area contributed by atoms with E-state index in [9.17, 15) is 13.6 Å². The third-order valence-corrected chi connectivity index (χ3v) is 7.77. The molecule has 0 aliphatic heterocycles. The van der Waals surface area contributed by atoms with Crippen LogP contribution in [0.15, 0.2) is 72.1 Å². The zero-order valence-corrected chi connectivity index (χ0v) is 24.8. The van der Waals surface area contributed by atoms with Gasteiger partial charge in [-0.25, -0.2) is 18.6 Å². The van der Waals surface area contributed by atoms with Crippen LogP contribution in [0.1, 0.15) is 58.3 Å². The number of carbonyl (C=O) groups is 1. The van der Waals surface area contributed by atoms with Gasteiger partial charge in [0.25, 0.3) is 0 Å². The molecule has 0 aliphatic carbocycles. The Hall–Kier alpha value is -3.79. The lowest BCUT2D eigenvalue weighted by Gasteiger charge is -2.23. The van der Waals surface area contributed by atoms with Crippen molar-refractivity contribution in [2.75, 3.05) is 24.2 Å². The van der Waals surface area contributed by atoms with Gasteiger partial charge in [-0.15, -0.1) is 0 Å². The molecule has 0 atom stereocenters. The van der Waals surface area contributed by atoms with E-state index in [2.05, 4.69) is 27.2 Å². The quantitative estimate of drug-likeness (QED) is 0.101. The van der Waals surface area contributed by atoms with Crippen molar-refractivity contribution in [1.82, 2.24) is 24.8 Å². The zero-order valence-electron chi connectivity index (χ0n) is 24.0. The number of aromatic amines is 1. The van der Waals surface area contributed by atoms with Gasteiger partial charge in [-0.3, -0.25) is 9.97 Å². The highest BCUT2D eigenvalue weighted by molar-refractivity contribution is 7.99. The standard InChI is InChI=1S/C32H38F2N6OS/c1-2-3-4-5-11-20-40(32(41)37-26-17-16-24(33)23-25(26)34)21-12-6-13-22-42-31-38-29(27-14-7-9-18-35-27)30(39-31)28-15-8-10-19-36-28/h7-10,14-19,23H,2-6,11-13,20-22H2,1H3,(H,37,41)(H,38,39). The van der Waals surface area contributed by atoms with Gasteiger partial charge in [0.05, 0.1) is 22.8 Å². The highest BCUT2D eigenvalue weighted by atomic mass is 32.2. The third-order valence-electron chi connectivity index (χ3n) is 6.81. The van der Waals surface area contributed by atoms with Crippen molar-refractivity contribution in [1.29, 1.82) is 0 Å². The number of hydrogen-bond acceptors (Lipinski definition) is 5. The maximum absolute atomic E-state index is 14.1. The number of anilines is 1. The molecule has 0 radical (unpaired) electrons. The van der Waals surface area contributed by atoms with E-state index >= 15 is 0 Å².